The summed E-state index contributed by atoms with van der Waals surface area (Å²) in [5.41, 5.74) is 9.80. The highest BCUT2D eigenvalue weighted by atomic mass is 14.4. The van der Waals surface area contributed by atoms with Crippen molar-refractivity contribution in [2.45, 2.75) is 33.1 Å². The van der Waals surface area contributed by atoms with Crippen LogP contribution in [-0.2, 0) is 6.42 Å². The lowest BCUT2D eigenvalue weighted by atomic mass is 9.91. The quantitative estimate of drug-likeness (QED) is 0.703. The summed E-state index contributed by atoms with van der Waals surface area (Å²) in [6.07, 6.45) is 3.50. The van der Waals surface area contributed by atoms with Crippen molar-refractivity contribution in [3.05, 3.63) is 72.3 Å². The number of hydrogen-bond donors (Lipinski definition) is 1. The van der Waals surface area contributed by atoms with Crippen LogP contribution in [-0.4, -0.2) is 7.05 Å². The monoisotopic (exact) mass is 295 g/mol. The van der Waals surface area contributed by atoms with Crippen LogP contribution < -0.4 is 5.73 Å². The molecule has 118 valence electrons. The lowest BCUT2D eigenvalue weighted by molar-refractivity contribution is 0.503. The molecule has 22 heavy (non-hydrogen) atoms. The van der Waals surface area contributed by atoms with E-state index >= 15 is 0 Å². The van der Waals surface area contributed by atoms with E-state index in [1.165, 1.54) is 35.7 Å². The summed E-state index contributed by atoms with van der Waals surface area (Å²) in [7, 11) is 1.50. The fourth-order valence-electron chi connectivity index (χ4n) is 2.65. The zero-order valence-electron chi connectivity index (χ0n) is 14.2. The Morgan fingerprint density at radius 1 is 0.955 bits per heavy atom. The molecule has 0 fully saturated rings. The van der Waals surface area contributed by atoms with Crippen LogP contribution in [0, 0.1) is 5.92 Å². The molecule has 1 heteroatoms. The minimum Gasteiger partial charge on any atom is -0.333 e. The first-order valence-corrected chi connectivity index (χ1v) is 8.05. The van der Waals surface area contributed by atoms with Gasteiger partial charge in [0.15, 0.2) is 0 Å². The van der Waals surface area contributed by atoms with Gasteiger partial charge in [0.25, 0.3) is 0 Å². The minimum atomic E-state index is 0.718. The van der Waals surface area contributed by atoms with Crippen molar-refractivity contribution in [1.29, 1.82) is 0 Å². The normalized spacial score (nSPS) is 11.3. The topological polar surface area (TPSA) is 26.0 Å². The fourth-order valence-corrected chi connectivity index (χ4v) is 2.65. The number of benzene rings is 2. The lowest BCUT2D eigenvalue weighted by Gasteiger charge is -2.15. The molecule has 2 aromatic rings. The molecule has 0 amide bonds. The molecule has 0 aromatic heterocycles. The molecule has 2 rings (SSSR count). The van der Waals surface area contributed by atoms with Crippen molar-refractivity contribution < 1.29 is 0 Å². The Balaban J connectivity index is 0.00000116. The predicted molar refractivity (Wildman–Crippen MR) is 98.9 cm³/mol. The summed E-state index contributed by atoms with van der Waals surface area (Å²) in [5, 5.41) is 0. The third-order valence-corrected chi connectivity index (χ3v) is 3.80. The van der Waals surface area contributed by atoms with Gasteiger partial charge in [0.05, 0.1) is 0 Å². The van der Waals surface area contributed by atoms with Gasteiger partial charge in [0.1, 0.15) is 0 Å². The molecule has 0 spiro atoms. The van der Waals surface area contributed by atoms with Gasteiger partial charge in [-0.05, 0) is 49.4 Å². The van der Waals surface area contributed by atoms with Crippen molar-refractivity contribution in [3.63, 3.8) is 0 Å². The average molecular weight is 295 g/mol. The maximum atomic E-state index is 4.50. The maximum absolute atomic E-state index is 4.50. The number of nitrogens with two attached hydrogens (primary N) is 1. The third-order valence-electron chi connectivity index (χ3n) is 3.80. The second-order valence-electron chi connectivity index (χ2n) is 5.70. The molecule has 2 N–H and O–H groups in total. The molecule has 0 aliphatic carbocycles. The Hall–Kier alpha value is -1.86. The zero-order valence-corrected chi connectivity index (χ0v) is 14.2. The number of allylic oxidation sites excluding steroid dienone is 1. The smallest absolute Gasteiger partial charge is 0.0184 e. The van der Waals surface area contributed by atoms with Gasteiger partial charge in [0, 0.05) is 0 Å². The average Bonchev–Trinajstić information content (AvgIpc) is 2.57. The number of rotatable bonds is 6. The minimum absolute atomic E-state index is 0.718. The summed E-state index contributed by atoms with van der Waals surface area (Å²) in [5.74, 6) is 0.718. The third kappa shape index (κ3) is 5.87. The van der Waals surface area contributed by atoms with Gasteiger partial charge >= 0.3 is 0 Å². The Bertz CT molecular complexity index is 540. The van der Waals surface area contributed by atoms with Crippen LogP contribution in [0.25, 0.3) is 11.1 Å². The molecule has 0 radical (unpaired) electrons. The van der Waals surface area contributed by atoms with Gasteiger partial charge in [-0.3, -0.25) is 0 Å². The van der Waals surface area contributed by atoms with E-state index in [0.29, 0.717) is 0 Å². The second kappa shape index (κ2) is 9.97. The summed E-state index contributed by atoms with van der Waals surface area (Å²) < 4.78 is 0. The first-order valence-electron chi connectivity index (χ1n) is 8.05. The van der Waals surface area contributed by atoms with Crippen LogP contribution in [0.15, 0.2) is 66.7 Å². The maximum Gasteiger partial charge on any atom is -0.0184 e. The summed E-state index contributed by atoms with van der Waals surface area (Å²) in [6, 6.07) is 19.5. The molecule has 0 aliphatic rings. The van der Waals surface area contributed by atoms with Gasteiger partial charge in [-0.2, -0.15) is 0 Å². The van der Waals surface area contributed by atoms with Crippen LogP contribution >= 0.6 is 0 Å². The highest BCUT2D eigenvalue weighted by molar-refractivity contribution is 5.63. The Labute approximate surface area is 135 Å². The first-order chi connectivity index (χ1) is 10.7. The van der Waals surface area contributed by atoms with E-state index in [1.54, 1.807) is 0 Å². The molecule has 0 heterocycles. The van der Waals surface area contributed by atoms with Crippen molar-refractivity contribution in [3.8, 4) is 11.1 Å². The molecule has 0 aliphatic heterocycles. The van der Waals surface area contributed by atoms with E-state index in [4.69, 9.17) is 0 Å². The summed E-state index contributed by atoms with van der Waals surface area (Å²) in [6.45, 7) is 8.43. The molecule has 0 saturated carbocycles. The van der Waals surface area contributed by atoms with Crippen LogP contribution in [0.4, 0.5) is 0 Å². The fraction of sp³-hybridized carbons (Fsp3) is 0.333. The molecular formula is C21H29N. The molecule has 2 aromatic carbocycles. The Kier molecular flexibility index (Phi) is 8.24. The SMILES string of the molecule is C=C(C)CC(CC)Cc1ccc(-c2ccccc2)cc1.CN. The molecule has 1 atom stereocenters. The van der Waals surface area contributed by atoms with E-state index in [-0.39, 0.29) is 0 Å². The molecule has 1 unspecified atom stereocenters. The Morgan fingerprint density at radius 2 is 1.50 bits per heavy atom. The summed E-state index contributed by atoms with van der Waals surface area (Å²) in [4.78, 5) is 0. The van der Waals surface area contributed by atoms with Gasteiger partial charge in [-0.1, -0.05) is 73.5 Å². The second-order valence-corrected chi connectivity index (χ2v) is 5.70. The number of hydrogen-bond acceptors (Lipinski definition) is 1. The van der Waals surface area contributed by atoms with Crippen molar-refractivity contribution >= 4 is 0 Å². The van der Waals surface area contributed by atoms with Crippen LogP contribution in [0.1, 0.15) is 32.3 Å². The van der Waals surface area contributed by atoms with Crippen molar-refractivity contribution in [2.24, 2.45) is 11.7 Å². The largest absolute Gasteiger partial charge is 0.333 e. The molecule has 0 bridgehead atoms. The van der Waals surface area contributed by atoms with Gasteiger partial charge in [-0.15, -0.1) is 6.58 Å². The van der Waals surface area contributed by atoms with E-state index in [0.717, 1.165) is 18.8 Å². The highest BCUT2D eigenvalue weighted by Crippen LogP contribution is 2.23. The lowest BCUT2D eigenvalue weighted by Crippen LogP contribution is -2.03. The Morgan fingerprint density at radius 3 is 2.00 bits per heavy atom. The van der Waals surface area contributed by atoms with E-state index in [2.05, 4.69) is 80.8 Å². The first kappa shape index (κ1) is 18.2. The zero-order chi connectivity index (χ0) is 16.4. The molecule has 0 saturated heterocycles. The standard InChI is InChI=1S/C20H24.CH5N/c1-4-17(14-16(2)3)15-18-10-12-20(13-11-18)19-8-6-5-7-9-19;1-2/h5-13,17H,2,4,14-15H2,1,3H3;2H2,1H3. The van der Waals surface area contributed by atoms with Gasteiger partial charge < -0.3 is 5.73 Å². The highest BCUT2D eigenvalue weighted by Gasteiger charge is 2.08. The van der Waals surface area contributed by atoms with Gasteiger partial charge in [-0.25, -0.2) is 0 Å². The van der Waals surface area contributed by atoms with Crippen molar-refractivity contribution in [2.75, 3.05) is 7.05 Å². The van der Waals surface area contributed by atoms with E-state index in [9.17, 15) is 0 Å². The van der Waals surface area contributed by atoms with E-state index < -0.39 is 0 Å². The molecule has 1 nitrogen and oxygen atoms in total. The molecular weight excluding hydrogens is 266 g/mol. The van der Waals surface area contributed by atoms with Gasteiger partial charge in [0.2, 0.25) is 0 Å². The van der Waals surface area contributed by atoms with Crippen molar-refractivity contribution in [1.82, 2.24) is 0 Å². The predicted octanol–water partition coefficient (Wildman–Crippen LogP) is 5.46. The summed E-state index contributed by atoms with van der Waals surface area (Å²) >= 11 is 0. The van der Waals surface area contributed by atoms with E-state index in [1.807, 2.05) is 0 Å². The van der Waals surface area contributed by atoms with Crippen LogP contribution in [0.5, 0.6) is 0 Å². The van der Waals surface area contributed by atoms with Crippen LogP contribution in [0.2, 0.25) is 0 Å². The van der Waals surface area contributed by atoms with Crippen LogP contribution in [0.3, 0.4) is 0 Å².